The lowest BCUT2D eigenvalue weighted by Crippen LogP contribution is -2.00. The largest absolute Gasteiger partial charge is 0.396 e. The summed E-state index contributed by atoms with van der Waals surface area (Å²) in [7, 11) is 0. The molecule has 0 atom stereocenters. The predicted octanol–water partition coefficient (Wildman–Crippen LogP) is 1.27. The standard InChI is InChI=1S/C8H11NO3/c1-3-7(5-6-10)8(4-2)9(11)12/h3-4,10H,1-2,5-6H2/b8-7-. The highest BCUT2D eigenvalue weighted by atomic mass is 16.6. The lowest BCUT2D eigenvalue weighted by atomic mass is 10.1. The van der Waals surface area contributed by atoms with Crippen molar-refractivity contribution < 1.29 is 10.0 Å². The smallest absolute Gasteiger partial charge is 0.272 e. The Balaban J connectivity index is 4.86. The third-order valence-electron chi connectivity index (χ3n) is 1.35. The molecule has 0 radical (unpaired) electrons. The van der Waals surface area contributed by atoms with Crippen molar-refractivity contribution >= 4 is 0 Å². The zero-order valence-corrected chi connectivity index (χ0v) is 6.69. The van der Waals surface area contributed by atoms with Crippen LogP contribution in [0.25, 0.3) is 0 Å². The maximum atomic E-state index is 10.4. The number of nitro groups is 1. The third kappa shape index (κ3) is 2.67. The fourth-order valence-corrected chi connectivity index (χ4v) is 0.778. The van der Waals surface area contributed by atoms with Crippen LogP contribution in [0.15, 0.2) is 36.6 Å². The van der Waals surface area contributed by atoms with Gasteiger partial charge in [0, 0.05) is 24.7 Å². The summed E-state index contributed by atoms with van der Waals surface area (Å²) in [5, 5.41) is 18.9. The molecule has 1 N–H and O–H groups in total. The van der Waals surface area contributed by atoms with Gasteiger partial charge in [0.15, 0.2) is 0 Å². The minimum Gasteiger partial charge on any atom is -0.396 e. The highest BCUT2D eigenvalue weighted by Gasteiger charge is 2.10. The number of aliphatic hydroxyl groups is 1. The highest BCUT2D eigenvalue weighted by Crippen LogP contribution is 2.11. The molecule has 0 aliphatic carbocycles. The van der Waals surface area contributed by atoms with Gasteiger partial charge < -0.3 is 5.11 Å². The molecule has 0 saturated carbocycles. The first-order valence-corrected chi connectivity index (χ1v) is 3.40. The van der Waals surface area contributed by atoms with E-state index in [2.05, 4.69) is 13.2 Å². The van der Waals surface area contributed by atoms with E-state index in [4.69, 9.17) is 5.11 Å². The maximum Gasteiger partial charge on any atom is 0.272 e. The molecule has 12 heavy (non-hydrogen) atoms. The second kappa shape index (κ2) is 5.26. The van der Waals surface area contributed by atoms with Gasteiger partial charge in [-0.15, -0.1) is 0 Å². The lowest BCUT2D eigenvalue weighted by molar-refractivity contribution is -0.420. The Hall–Kier alpha value is -1.42. The molecule has 0 bridgehead atoms. The first-order valence-electron chi connectivity index (χ1n) is 3.40. The van der Waals surface area contributed by atoms with Crippen molar-refractivity contribution in [3.05, 3.63) is 46.7 Å². The summed E-state index contributed by atoms with van der Waals surface area (Å²) >= 11 is 0. The van der Waals surface area contributed by atoms with Gasteiger partial charge in [-0.3, -0.25) is 10.1 Å². The Labute approximate surface area is 70.7 Å². The van der Waals surface area contributed by atoms with Gasteiger partial charge in [-0.05, 0) is 0 Å². The average molecular weight is 169 g/mol. The van der Waals surface area contributed by atoms with Gasteiger partial charge in [-0.2, -0.15) is 0 Å². The van der Waals surface area contributed by atoms with Crippen LogP contribution in [-0.2, 0) is 0 Å². The molecule has 0 saturated heterocycles. The lowest BCUT2D eigenvalue weighted by Gasteiger charge is -1.98. The summed E-state index contributed by atoms with van der Waals surface area (Å²) in [6.45, 7) is 6.58. The molecule has 0 aromatic carbocycles. The molecule has 0 unspecified atom stereocenters. The third-order valence-corrected chi connectivity index (χ3v) is 1.35. The van der Waals surface area contributed by atoms with E-state index in [1.807, 2.05) is 0 Å². The van der Waals surface area contributed by atoms with E-state index in [0.717, 1.165) is 6.08 Å². The van der Waals surface area contributed by atoms with Crippen LogP contribution < -0.4 is 0 Å². The quantitative estimate of drug-likeness (QED) is 0.383. The summed E-state index contributed by atoms with van der Waals surface area (Å²) in [4.78, 5) is 9.81. The summed E-state index contributed by atoms with van der Waals surface area (Å²) in [6, 6.07) is 0. The van der Waals surface area contributed by atoms with E-state index in [1.54, 1.807) is 0 Å². The van der Waals surface area contributed by atoms with E-state index >= 15 is 0 Å². The summed E-state index contributed by atoms with van der Waals surface area (Å²) in [5.41, 5.74) is 0.302. The summed E-state index contributed by atoms with van der Waals surface area (Å²) < 4.78 is 0. The number of hydrogen-bond acceptors (Lipinski definition) is 3. The van der Waals surface area contributed by atoms with Crippen LogP contribution in [0, 0.1) is 10.1 Å². The fourth-order valence-electron chi connectivity index (χ4n) is 0.778. The van der Waals surface area contributed by atoms with E-state index in [0.29, 0.717) is 5.57 Å². The molecule has 0 heterocycles. The van der Waals surface area contributed by atoms with Crippen molar-refractivity contribution in [2.45, 2.75) is 6.42 Å². The first kappa shape index (κ1) is 10.6. The molecule has 0 rings (SSSR count). The van der Waals surface area contributed by atoms with Crippen LogP contribution in [-0.4, -0.2) is 16.6 Å². The van der Waals surface area contributed by atoms with E-state index in [-0.39, 0.29) is 18.7 Å². The van der Waals surface area contributed by atoms with Gasteiger partial charge in [0.1, 0.15) is 0 Å². The molecule has 0 aliphatic rings. The van der Waals surface area contributed by atoms with Gasteiger partial charge in [0.05, 0.1) is 4.92 Å². The monoisotopic (exact) mass is 169 g/mol. The Morgan fingerprint density at radius 3 is 2.33 bits per heavy atom. The molecule has 0 fully saturated rings. The Bertz CT molecular complexity index is 230. The van der Waals surface area contributed by atoms with Gasteiger partial charge in [-0.1, -0.05) is 19.2 Å². The second-order valence-corrected chi connectivity index (χ2v) is 2.05. The number of nitrogens with zero attached hydrogens (tertiary/aromatic N) is 1. The van der Waals surface area contributed by atoms with E-state index < -0.39 is 4.92 Å². The van der Waals surface area contributed by atoms with Crippen molar-refractivity contribution in [1.29, 1.82) is 0 Å². The van der Waals surface area contributed by atoms with Crippen LogP contribution in [0.3, 0.4) is 0 Å². The van der Waals surface area contributed by atoms with Crippen LogP contribution in [0.4, 0.5) is 0 Å². The Morgan fingerprint density at radius 2 is 2.08 bits per heavy atom. The van der Waals surface area contributed by atoms with E-state index in [1.165, 1.54) is 6.08 Å². The topological polar surface area (TPSA) is 63.4 Å². The molecule has 4 nitrogen and oxygen atoms in total. The van der Waals surface area contributed by atoms with Crippen molar-refractivity contribution in [2.75, 3.05) is 6.61 Å². The van der Waals surface area contributed by atoms with Crippen molar-refractivity contribution in [3.63, 3.8) is 0 Å². The zero-order valence-electron chi connectivity index (χ0n) is 6.69. The summed E-state index contributed by atoms with van der Waals surface area (Å²) in [5.74, 6) is 0. The fraction of sp³-hybridized carbons (Fsp3) is 0.250. The molecule has 0 spiro atoms. The van der Waals surface area contributed by atoms with Crippen LogP contribution in [0.2, 0.25) is 0 Å². The minimum absolute atomic E-state index is 0.0981. The Morgan fingerprint density at radius 1 is 1.50 bits per heavy atom. The van der Waals surface area contributed by atoms with Gasteiger partial charge >= 0.3 is 0 Å². The summed E-state index contributed by atoms with van der Waals surface area (Å²) in [6.07, 6.45) is 2.73. The molecular formula is C8H11NO3. The molecule has 0 aliphatic heterocycles. The molecular weight excluding hydrogens is 158 g/mol. The molecule has 66 valence electrons. The van der Waals surface area contributed by atoms with Gasteiger partial charge in [-0.25, -0.2) is 0 Å². The second-order valence-electron chi connectivity index (χ2n) is 2.05. The van der Waals surface area contributed by atoms with Crippen LogP contribution in [0.5, 0.6) is 0 Å². The van der Waals surface area contributed by atoms with Gasteiger partial charge in [0.2, 0.25) is 0 Å². The molecule has 0 amide bonds. The number of hydrogen-bond donors (Lipinski definition) is 1. The van der Waals surface area contributed by atoms with Crippen molar-refractivity contribution in [3.8, 4) is 0 Å². The normalized spacial score (nSPS) is 11.8. The van der Waals surface area contributed by atoms with Crippen LogP contribution in [0.1, 0.15) is 6.42 Å². The highest BCUT2D eigenvalue weighted by molar-refractivity contribution is 5.26. The van der Waals surface area contributed by atoms with E-state index in [9.17, 15) is 10.1 Å². The average Bonchev–Trinajstić information content (AvgIpc) is 2.03. The number of aliphatic hydroxyl groups excluding tert-OH is 1. The van der Waals surface area contributed by atoms with Crippen molar-refractivity contribution in [2.24, 2.45) is 0 Å². The predicted molar refractivity (Wildman–Crippen MR) is 46.1 cm³/mol. The molecule has 0 aromatic heterocycles. The number of allylic oxidation sites excluding steroid dienone is 2. The van der Waals surface area contributed by atoms with Crippen LogP contribution >= 0.6 is 0 Å². The van der Waals surface area contributed by atoms with Crippen molar-refractivity contribution in [1.82, 2.24) is 0 Å². The molecule has 0 aromatic rings. The minimum atomic E-state index is -0.542. The maximum absolute atomic E-state index is 10.4. The zero-order chi connectivity index (χ0) is 9.56. The number of rotatable bonds is 5. The molecule has 4 heteroatoms. The van der Waals surface area contributed by atoms with Gasteiger partial charge in [0.25, 0.3) is 5.70 Å². The first-order chi connectivity index (χ1) is 5.67. The Kier molecular flexibility index (Phi) is 4.64. The SMILES string of the molecule is C=C/C(CCO)=C(\C=C)[N+](=O)[O-].